The van der Waals surface area contributed by atoms with Crippen LogP contribution < -0.4 is 10.5 Å². The summed E-state index contributed by atoms with van der Waals surface area (Å²) < 4.78 is 5.41. The molecule has 7 heteroatoms. The first-order chi connectivity index (χ1) is 7.97. The smallest absolute Gasteiger partial charge is 0.325 e. The van der Waals surface area contributed by atoms with E-state index in [2.05, 4.69) is 15.9 Å². The van der Waals surface area contributed by atoms with E-state index < -0.39 is 10.8 Å². The molecule has 1 aromatic carbocycles. The molecule has 92 valence electrons. The molecule has 0 aliphatic rings. The lowest BCUT2D eigenvalue weighted by atomic mass is 10.2. The average Bonchev–Trinajstić information content (AvgIpc) is 2.24. The molecule has 0 spiro atoms. The first-order valence-corrected chi connectivity index (χ1v) is 5.67. The van der Waals surface area contributed by atoms with E-state index in [1.165, 1.54) is 12.1 Å². The van der Waals surface area contributed by atoms with Crippen molar-refractivity contribution >= 4 is 27.5 Å². The molecular formula is C10H11BrN2O4. The number of carbonyl (C=O) groups excluding carboxylic acids is 1. The molecule has 1 rings (SSSR count). The van der Waals surface area contributed by atoms with Crippen LogP contribution in [-0.4, -0.2) is 17.4 Å². The molecule has 6 nitrogen and oxygen atoms in total. The SMILES string of the molecule is CCCOc1cc(C(N)=O)cc(Br)c1[N+](=O)[O-]. The number of ether oxygens (including phenoxy) is 1. The molecule has 0 aliphatic carbocycles. The molecule has 0 heterocycles. The van der Waals surface area contributed by atoms with Gasteiger partial charge in [0.2, 0.25) is 5.91 Å². The van der Waals surface area contributed by atoms with Gasteiger partial charge in [0, 0.05) is 11.6 Å². The van der Waals surface area contributed by atoms with Crippen LogP contribution >= 0.6 is 15.9 Å². The summed E-state index contributed by atoms with van der Waals surface area (Å²) in [6.07, 6.45) is 0.704. The molecule has 0 saturated carbocycles. The summed E-state index contributed by atoms with van der Waals surface area (Å²) >= 11 is 3.03. The minimum atomic E-state index is -0.665. The Morgan fingerprint density at radius 2 is 2.24 bits per heavy atom. The van der Waals surface area contributed by atoms with Crippen molar-refractivity contribution in [2.24, 2.45) is 5.73 Å². The highest BCUT2D eigenvalue weighted by molar-refractivity contribution is 9.10. The number of amides is 1. The third-order valence-corrected chi connectivity index (χ3v) is 2.56. The van der Waals surface area contributed by atoms with Gasteiger partial charge in [-0.15, -0.1) is 0 Å². The van der Waals surface area contributed by atoms with Gasteiger partial charge in [-0.2, -0.15) is 0 Å². The van der Waals surface area contributed by atoms with Gasteiger partial charge in [0.1, 0.15) is 4.47 Å². The number of rotatable bonds is 5. The van der Waals surface area contributed by atoms with Gasteiger partial charge >= 0.3 is 5.69 Å². The monoisotopic (exact) mass is 302 g/mol. The zero-order valence-electron chi connectivity index (χ0n) is 9.10. The van der Waals surface area contributed by atoms with E-state index in [4.69, 9.17) is 10.5 Å². The Bertz CT molecular complexity index is 462. The molecule has 1 amide bonds. The maximum atomic E-state index is 11.0. The van der Waals surface area contributed by atoms with Crippen LogP contribution in [0.5, 0.6) is 5.75 Å². The largest absolute Gasteiger partial charge is 0.487 e. The Kier molecular flexibility index (Phi) is 4.45. The fourth-order valence-corrected chi connectivity index (χ4v) is 1.80. The van der Waals surface area contributed by atoms with Crippen molar-refractivity contribution in [3.63, 3.8) is 0 Å². The number of primary amides is 1. The molecule has 0 aromatic heterocycles. The average molecular weight is 303 g/mol. The summed E-state index contributed by atoms with van der Waals surface area (Å²) in [5.74, 6) is -0.623. The Morgan fingerprint density at radius 3 is 2.71 bits per heavy atom. The van der Waals surface area contributed by atoms with Crippen molar-refractivity contribution in [2.45, 2.75) is 13.3 Å². The van der Waals surface area contributed by atoms with E-state index in [-0.39, 0.29) is 21.5 Å². The van der Waals surface area contributed by atoms with Gasteiger partial charge in [0.05, 0.1) is 11.5 Å². The number of nitrogens with zero attached hydrogens (tertiary/aromatic N) is 1. The Hall–Kier alpha value is -1.63. The molecule has 0 unspecified atom stereocenters. The molecule has 0 radical (unpaired) electrons. The van der Waals surface area contributed by atoms with Gasteiger partial charge in [0.15, 0.2) is 5.75 Å². The summed E-state index contributed by atoms with van der Waals surface area (Å²) in [6.45, 7) is 2.20. The molecular weight excluding hydrogens is 292 g/mol. The van der Waals surface area contributed by atoms with Crippen LogP contribution in [0.15, 0.2) is 16.6 Å². The number of hydrogen-bond donors (Lipinski definition) is 1. The molecule has 2 N–H and O–H groups in total. The van der Waals surface area contributed by atoms with Gasteiger partial charge in [-0.1, -0.05) is 6.92 Å². The van der Waals surface area contributed by atoms with Gasteiger partial charge < -0.3 is 10.5 Å². The summed E-state index contributed by atoms with van der Waals surface area (Å²) in [6, 6.07) is 2.58. The van der Waals surface area contributed by atoms with E-state index >= 15 is 0 Å². The highest BCUT2D eigenvalue weighted by Crippen LogP contribution is 2.36. The Labute approximate surface area is 106 Å². The topological polar surface area (TPSA) is 95.5 Å². The van der Waals surface area contributed by atoms with E-state index in [9.17, 15) is 14.9 Å². The Balaban J connectivity index is 3.28. The molecule has 0 fully saturated rings. The number of hydrogen-bond acceptors (Lipinski definition) is 4. The van der Waals surface area contributed by atoms with Gasteiger partial charge in [-0.3, -0.25) is 14.9 Å². The summed E-state index contributed by atoms with van der Waals surface area (Å²) in [4.78, 5) is 21.3. The summed E-state index contributed by atoms with van der Waals surface area (Å²) in [7, 11) is 0. The van der Waals surface area contributed by atoms with Crippen molar-refractivity contribution in [1.82, 2.24) is 0 Å². The van der Waals surface area contributed by atoms with Crippen LogP contribution in [-0.2, 0) is 0 Å². The van der Waals surface area contributed by atoms with Crippen LogP contribution in [0.2, 0.25) is 0 Å². The van der Waals surface area contributed by atoms with E-state index in [1.807, 2.05) is 6.92 Å². The van der Waals surface area contributed by atoms with Crippen LogP contribution in [0.3, 0.4) is 0 Å². The lowest BCUT2D eigenvalue weighted by molar-refractivity contribution is -0.386. The maximum absolute atomic E-state index is 11.0. The Morgan fingerprint density at radius 1 is 1.59 bits per heavy atom. The molecule has 0 aliphatic heterocycles. The van der Waals surface area contributed by atoms with Crippen LogP contribution in [0, 0.1) is 10.1 Å². The fourth-order valence-electron chi connectivity index (χ4n) is 1.22. The highest BCUT2D eigenvalue weighted by atomic mass is 79.9. The third kappa shape index (κ3) is 3.16. The standard InChI is InChI=1S/C10H11BrN2O4/c1-2-3-17-8-5-6(10(12)14)4-7(11)9(8)13(15)16/h4-5H,2-3H2,1H3,(H2,12,14). The second kappa shape index (κ2) is 5.62. The van der Waals surface area contributed by atoms with Gasteiger partial charge in [0.25, 0.3) is 0 Å². The van der Waals surface area contributed by atoms with Crippen molar-refractivity contribution < 1.29 is 14.5 Å². The number of carbonyl (C=O) groups is 1. The van der Waals surface area contributed by atoms with Gasteiger partial charge in [-0.05, 0) is 28.4 Å². The quantitative estimate of drug-likeness (QED) is 0.666. The molecule has 1 aromatic rings. The fraction of sp³-hybridized carbons (Fsp3) is 0.300. The predicted octanol–water partition coefficient (Wildman–Crippen LogP) is 2.25. The maximum Gasteiger partial charge on any atom is 0.325 e. The van der Waals surface area contributed by atoms with Crippen LogP contribution in [0.1, 0.15) is 23.7 Å². The highest BCUT2D eigenvalue weighted by Gasteiger charge is 2.22. The molecule has 0 bridgehead atoms. The zero-order chi connectivity index (χ0) is 13.0. The van der Waals surface area contributed by atoms with E-state index in [0.29, 0.717) is 13.0 Å². The molecule has 0 saturated heterocycles. The zero-order valence-corrected chi connectivity index (χ0v) is 10.7. The first-order valence-electron chi connectivity index (χ1n) is 4.88. The summed E-state index contributed by atoms with van der Waals surface area (Å²) in [5, 5.41) is 10.9. The number of nitrogens with two attached hydrogens (primary N) is 1. The van der Waals surface area contributed by atoms with E-state index in [0.717, 1.165) is 0 Å². The lowest BCUT2D eigenvalue weighted by Crippen LogP contribution is -2.12. The number of benzene rings is 1. The minimum absolute atomic E-state index is 0.0417. The van der Waals surface area contributed by atoms with Crippen molar-refractivity contribution in [3.8, 4) is 5.75 Å². The van der Waals surface area contributed by atoms with Crippen molar-refractivity contribution in [2.75, 3.05) is 6.61 Å². The second-order valence-corrected chi connectivity index (χ2v) is 4.13. The number of nitro groups is 1. The van der Waals surface area contributed by atoms with Crippen LogP contribution in [0.4, 0.5) is 5.69 Å². The molecule has 17 heavy (non-hydrogen) atoms. The first kappa shape index (κ1) is 13.4. The normalized spacial score (nSPS) is 10.0. The third-order valence-electron chi connectivity index (χ3n) is 1.96. The minimum Gasteiger partial charge on any atom is -0.487 e. The number of nitro benzene ring substituents is 1. The number of halogens is 1. The predicted molar refractivity (Wildman–Crippen MR) is 65.1 cm³/mol. The summed E-state index contributed by atoms with van der Waals surface area (Å²) in [5.41, 5.74) is 5.08. The van der Waals surface area contributed by atoms with Gasteiger partial charge in [-0.25, -0.2) is 0 Å². The second-order valence-electron chi connectivity index (χ2n) is 3.27. The van der Waals surface area contributed by atoms with Crippen LogP contribution in [0.25, 0.3) is 0 Å². The van der Waals surface area contributed by atoms with Crippen molar-refractivity contribution in [3.05, 3.63) is 32.3 Å². The molecule has 0 atom stereocenters. The van der Waals surface area contributed by atoms with E-state index in [1.54, 1.807) is 0 Å². The lowest BCUT2D eigenvalue weighted by Gasteiger charge is -2.08. The van der Waals surface area contributed by atoms with Crippen molar-refractivity contribution in [1.29, 1.82) is 0 Å².